The van der Waals surface area contributed by atoms with Gasteiger partial charge in [0.1, 0.15) is 11.8 Å². The summed E-state index contributed by atoms with van der Waals surface area (Å²) < 4.78 is 31.8. The van der Waals surface area contributed by atoms with Crippen molar-refractivity contribution in [3.8, 4) is 5.75 Å². The van der Waals surface area contributed by atoms with E-state index in [2.05, 4.69) is 5.32 Å². The van der Waals surface area contributed by atoms with Crippen molar-refractivity contribution in [1.82, 2.24) is 0 Å². The Balaban J connectivity index is 2.30. The molecule has 0 radical (unpaired) electrons. The molecule has 28 heavy (non-hydrogen) atoms. The molecule has 0 saturated carbocycles. The van der Waals surface area contributed by atoms with Crippen LogP contribution in [0.3, 0.4) is 0 Å². The molecule has 152 valence electrons. The van der Waals surface area contributed by atoms with Crippen LogP contribution >= 0.6 is 0 Å². The van der Waals surface area contributed by atoms with Crippen LogP contribution in [0.25, 0.3) is 0 Å². The van der Waals surface area contributed by atoms with E-state index < -0.39 is 22.0 Å². The molecule has 2 aromatic rings. The molecule has 0 aromatic heterocycles. The largest absolute Gasteiger partial charge is 0.491 e. The maximum Gasteiger partial charge on any atom is 0.248 e. The number of nitrogens with one attached hydrogen (secondary N) is 1. The third-order valence-corrected chi connectivity index (χ3v) is 5.27. The van der Waals surface area contributed by atoms with Gasteiger partial charge in [-0.3, -0.25) is 9.10 Å². The standard InChI is InChI=1S/C21H28N2O4S/c1-6-20(23(28(5,25)26)18-12-10-16(4)11-13-18)21(24)22-17-8-7-9-19(14-17)27-15(2)3/h7-15,20H,6H2,1-5H3,(H,22,24)/t20-/m1/s1. The number of aryl methyl sites for hydroxylation is 1. The molecular formula is C21H28N2O4S. The van der Waals surface area contributed by atoms with Crippen molar-refractivity contribution in [1.29, 1.82) is 0 Å². The smallest absolute Gasteiger partial charge is 0.248 e. The highest BCUT2D eigenvalue weighted by atomic mass is 32.2. The SMILES string of the molecule is CC[C@H](C(=O)Nc1cccc(OC(C)C)c1)N(c1ccc(C)cc1)S(C)(=O)=O. The van der Waals surface area contributed by atoms with Crippen LogP contribution < -0.4 is 14.4 Å². The molecule has 1 atom stereocenters. The number of amides is 1. The highest BCUT2D eigenvalue weighted by molar-refractivity contribution is 7.92. The lowest BCUT2D eigenvalue weighted by atomic mass is 10.1. The number of benzene rings is 2. The molecule has 6 nitrogen and oxygen atoms in total. The first-order valence-electron chi connectivity index (χ1n) is 9.25. The Morgan fingerprint density at radius 2 is 1.79 bits per heavy atom. The van der Waals surface area contributed by atoms with E-state index >= 15 is 0 Å². The normalized spacial score (nSPS) is 12.5. The van der Waals surface area contributed by atoms with Crippen LogP contribution in [0.5, 0.6) is 5.75 Å². The summed E-state index contributed by atoms with van der Waals surface area (Å²) in [6.07, 6.45) is 1.45. The summed E-state index contributed by atoms with van der Waals surface area (Å²) in [4.78, 5) is 12.9. The van der Waals surface area contributed by atoms with Gasteiger partial charge >= 0.3 is 0 Å². The molecule has 0 aliphatic heterocycles. The first kappa shape index (κ1) is 21.8. The highest BCUT2D eigenvalue weighted by Gasteiger charge is 2.31. The van der Waals surface area contributed by atoms with Gasteiger partial charge in [-0.2, -0.15) is 0 Å². The van der Waals surface area contributed by atoms with E-state index in [0.717, 1.165) is 11.8 Å². The van der Waals surface area contributed by atoms with Crippen molar-refractivity contribution in [3.63, 3.8) is 0 Å². The number of carbonyl (C=O) groups excluding carboxylic acids is 1. The monoisotopic (exact) mass is 404 g/mol. The minimum Gasteiger partial charge on any atom is -0.491 e. The average Bonchev–Trinajstić information content (AvgIpc) is 2.59. The number of hydrogen-bond acceptors (Lipinski definition) is 4. The third-order valence-electron chi connectivity index (χ3n) is 4.09. The van der Waals surface area contributed by atoms with Crippen LogP contribution in [0, 0.1) is 6.92 Å². The molecule has 0 aliphatic carbocycles. The Kier molecular flexibility index (Phi) is 7.07. The number of sulfonamides is 1. The molecule has 0 spiro atoms. The predicted octanol–water partition coefficient (Wildman–Crippen LogP) is 3.97. The van der Waals surface area contributed by atoms with Crippen LogP contribution in [0.4, 0.5) is 11.4 Å². The van der Waals surface area contributed by atoms with E-state index in [0.29, 0.717) is 23.5 Å². The van der Waals surface area contributed by atoms with Crippen molar-refractivity contribution in [2.45, 2.75) is 46.3 Å². The zero-order valence-corrected chi connectivity index (χ0v) is 17.8. The number of hydrogen-bond donors (Lipinski definition) is 1. The van der Waals surface area contributed by atoms with Crippen molar-refractivity contribution in [3.05, 3.63) is 54.1 Å². The zero-order valence-electron chi connectivity index (χ0n) is 17.0. The molecule has 0 fully saturated rings. The molecule has 2 rings (SSSR count). The van der Waals surface area contributed by atoms with Crippen molar-refractivity contribution in [2.75, 3.05) is 15.9 Å². The number of carbonyl (C=O) groups is 1. The molecule has 1 N–H and O–H groups in total. The van der Waals surface area contributed by atoms with E-state index in [-0.39, 0.29) is 6.10 Å². The van der Waals surface area contributed by atoms with Gasteiger partial charge in [0.15, 0.2) is 0 Å². The maximum atomic E-state index is 12.9. The quantitative estimate of drug-likeness (QED) is 0.722. The van der Waals surface area contributed by atoms with E-state index in [1.807, 2.05) is 39.0 Å². The molecule has 7 heteroatoms. The summed E-state index contributed by atoms with van der Waals surface area (Å²) in [7, 11) is -3.66. The van der Waals surface area contributed by atoms with Gasteiger partial charge in [-0.1, -0.05) is 30.7 Å². The minimum absolute atomic E-state index is 0.0107. The molecule has 0 unspecified atom stereocenters. The lowest BCUT2D eigenvalue weighted by Gasteiger charge is -2.30. The number of nitrogens with zero attached hydrogens (tertiary/aromatic N) is 1. The minimum atomic E-state index is -3.66. The number of ether oxygens (including phenoxy) is 1. The number of anilines is 2. The first-order valence-corrected chi connectivity index (χ1v) is 11.1. The third kappa shape index (κ3) is 5.73. The van der Waals surface area contributed by atoms with E-state index in [9.17, 15) is 13.2 Å². The molecule has 0 saturated heterocycles. The summed E-state index contributed by atoms with van der Waals surface area (Å²) in [5.41, 5.74) is 2.03. The van der Waals surface area contributed by atoms with Gasteiger partial charge in [-0.05, 0) is 51.5 Å². The van der Waals surface area contributed by atoms with Gasteiger partial charge < -0.3 is 10.1 Å². The second-order valence-electron chi connectivity index (χ2n) is 7.00. The van der Waals surface area contributed by atoms with Crippen LogP contribution in [0.2, 0.25) is 0 Å². The lowest BCUT2D eigenvalue weighted by Crippen LogP contribution is -2.47. The van der Waals surface area contributed by atoms with Gasteiger partial charge in [-0.15, -0.1) is 0 Å². The molecule has 1 amide bonds. The highest BCUT2D eigenvalue weighted by Crippen LogP contribution is 2.25. The van der Waals surface area contributed by atoms with Gasteiger partial charge in [0, 0.05) is 11.8 Å². The summed E-state index contributed by atoms with van der Waals surface area (Å²) >= 11 is 0. The Bertz CT molecular complexity index is 908. The van der Waals surface area contributed by atoms with Gasteiger partial charge in [0.05, 0.1) is 18.0 Å². The molecular weight excluding hydrogens is 376 g/mol. The Labute approximate surface area is 167 Å². The molecule has 0 heterocycles. The van der Waals surface area contributed by atoms with Crippen LogP contribution in [0.15, 0.2) is 48.5 Å². The topological polar surface area (TPSA) is 75.7 Å². The summed E-state index contributed by atoms with van der Waals surface area (Å²) in [5.74, 6) is 0.245. The fourth-order valence-electron chi connectivity index (χ4n) is 2.90. The Morgan fingerprint density at radius 1 is 1.14 bits per heavy atom. The second kappa shape index (κ2) is 9.10. The van der Waals surface area contributed by atoms with Crippen LogP contribution in [0.1, 0.15) is 32.8 Å². The number of rotatable bonds is 8. The molecule has 2 aromatic carbocycles. The van der Waals surface area contributed by atoms with E-state index in [1.54, 1.807) is 37.3 Å². The van der Waals surface area contributed by atoms with Crippen molar-refractivity contribution in [2.24, 2.45) is 0 Å². The van der Waals surface area contributed by atoms with Crippen molar-refractivity contribution < 1.29 is 17.9 Å². The van der Waals surface area contributed by atoms with E-state index in [4.69, 9.17) is 4.74 Å². The fraction of sp³-hybridized carbons (Fsp3) is 0.381. The zero-order chi connectivity index (χ0) is 20.9. The molecule has 0 bridgehead atoms. The Morgan fingerprint density at radius 3 is 2.32 bits per heavy atom. The maximum absolute atomic E-state index is 12.9. The molecule has 0 aliphatic rings. The van der Waals surface area contributed by atoms with Crippen LogP contribution in [-0.2, 0) is 14.8 Å². The van der Waals surface area contributed by atoms with Gasteiger partial charge in [0.2, 0.25) is 15.9 Å². The van der Waals surface area contributed by atoms with Crippen LogP contribution in [-0.4, -0.2) is 32.7 Å². The summed E-state index contributed by atoms with van der Waals surface area (Å²) in [5, 5.41) is 2.82. The first-order chi connectivity index (χ1) is 13.1. The second-order valence-corrected chi connectivity index (χ2v) is 8.86. The summed E-state index contributed by atoms with van der Waals surface area (Å²) in [6.45, 7) is 7.55. The fourth-order valence-corrected chi connectivity index (χ4v) is 4.11. The lowest BCUT2D eigenvalue weighted by molar-refractivity contribution is -0.117. The van der Waals surface area contributed by atoms with Gasteiger partial charge in [0.25, 0.3) is 0 Å². The van der Waals surface area contributed by atoms with Gasteiger partial charge in [-0.25, -0.2) is 8.42 Å². The van der Waals surface area contributed by atoms with E-state index in [1.165, 1.54) is 4.31 Å². The van der Waals surface area contributed by atoms with Crippen molar-refractivity contribution >= 4 is 27.3 Å². The summed E-state index contributed by atoms with van der Waals surface area (Å²) in [6, 6.07) is 13.3. The average molecular weight is 405 g/mol. The predicted molar refractivity (Wildman–Crippen MR) is 113 cm³/mol. The Hall–Kier alpha value is -2.54.